The lowest BCUT2D eigenvalue weighted by Gasteiger charge is -2.26. The van der Waals surface area contributed by atoms with Crippen LogP contribution in [-0.2, 0) is 24.4 Å². The second-order valence-corrected chi connectivity index (χ2v) is 8.44. The van der Waals surface area contributed by atoms with Gasteiger partial charge < -0.3 is 19.3 Å². The van der Waals surface area contributed by atoms with Crippen LogP contribution in [0.3, 0.4) is 0 Å². The summed E-state index contributed by atoms with van der Waals surface area (Å²) in [5.74, 6) is 1.56. The summed E-state index contributed by atoms with van der Waals surface area (Å²) in [6, 6.07) is 22.6. The molecule has 0 saturated heterocycles. The quantitative estimate of drug-likeness (QED) is 0.506. The average Bonchev–Trinajstić information content (AvgIpc) is 3.25. The fourth-order valence-corrected chi connectivity index (χ4v) is 3.93. The molecule has 0 amide bonds. The number of aryl methyl sites for hydroxylation is 2. The maximum Gasteiger partial charge on any atom is 0.231 e. The monoisotopic (exact) mass is 433 g/mol. The SMILES string of the molecule is Cc1ccc(C)c(CN(Cc2ccc3c(c2)OCO3)CC(O)COCc2ccccc2)c1. The molecule has 0 aliphatic carbocycles. The highest BCUT2D eigenvalue weighted by Gasteiger charge is 2.18. The topological polar surface area (TPSA) is 51.2 Å². The summed E-state index contributed by atoms with van der Waals surface area (Å²) in [5, 5.41) is 10.7. The summed E-state index contributed by atoms with van der Waals surface area (Å²) in [7, 11) is 0. The van der Waals surface area contributed by atoms with Gasteiger partial charge in [-0.3, -0.25) is 4.90 Å². The standard InChI is InChI=1S/C27H31NO4/c1-20-8-9-21(2)24(12-20)15-28(14-23-10-11-26-27(13-23)32-19-31-26)16-25(29)18-30-17-22-6-4-3-5-7-22/h3-13,25,29H,14-19H2,1-2H3. The molecular formula is C27H31NO4. The number of aliphatic hydroxyl groups excluding tert-OH is 1. The van der Waals surface area contributed by atoms with Crippen LogP contribution in [-0.4, -0.2) is 36.1 Å². The molecule has 5 heteroatoms. The van der Waals surface area contributed by atoms with Gasteiger partial charge in [-0.05, 0) is 48.2 Å². The van der Waals surface area contributed by atoms with Crippen LogP contribution in [0, 0.1) is 13.8 Å². The highest BCUT2D eigenvalue weighted by atomic mass is 16.7. The van der Waals surface area contributed by atoms with Gasteiger partial charge in [0.25, 0.3) is 0 Å². The predicted molar refractivity (Wildman–Crippen MR) is 125 cm³/mol. The summed E-state index contributed by atoms with van der Waals surface area (Å²) in [6.07, 6.45) is -0.585. The fourth-order valence-electron chi connectivity index (χ4n) is 3.93. The Morgan fingerprint density at radius 1 is 0.906 bits per heavy atom. The Morgan fingerprint density at radius 2 is 1.72 bits per heavy atom. The molecule has 1 aliphatic heterocycles. The lowest BCUT2D eigenvalue weighted by atomic mass is 10.0. The van der Waals surface area contributed by atoms with Gasteiger partial charge in [0.2, 0.25) is 6.79 Å². The molecule has 1 aliphatic rings. The molecule has 5 nitrogen and oxygen atoms in total. The van der Waals surface area contributed by atoms with Gasteiger partial charge in [-0.2, -0.15) is 0 Å². The van der Waals surface area contributed by atoms with Gasteiger partial charge in [0.1, 0.15) is 0 Å². The zero-order valence-corrected chi connectivity index (χ0v) is 18.8. The van der Waals surface area contributed by atoms with Crippen molar-refractivity contribution in [2.45, 2.75) is 39.6 Å². The van der Waals surface area contributed by atoms with E-state index in [2.05, 4.69) is 43.0 Å². The molecular weight excluding hydrogens is 402 g/mol. The average molecular weight is 434 g/mol. The first-order valence-electron chi connectivity index (χ1n) is 11.0. The number of nitrogens with zero attached hydrogens (tertiary/aromatic N) is 1. The summed E-state index contributed by atoms with van der Waals surface area (Å²) in [6.45, 7) is 7.25. The van der Waals surface area contributed by atoms with Crippen molar-refractivity contribution in [3.8, 4) is 11.5 Å². The molecule has 1 atom stereocenters. The highest BCUT2D eigenvalue weighted by molar-refractivity contribution is 5.44. The molecule has 0 spiro atoms. The Hall–Kier alpha value is -2.86. The van der Waals surface area contributed by atoms with E-state index < -0.39 is 6.10 Å². The third-order valence-electron chi connectivity index (χ3n) is 5.63. The van der Waals surface area contributed by atoms with E-state index in [1.165, 1.54) is 16.7 Å². The Balaban J connectivity index is 1.42. The van der Waals surface area contributed by atoms with Gasteiger partial charge in [0.15, 0.2) is 11.5 Å². The number of aliphatic hydroxyl groups is 1. The van der Waals surface area contributed by atoms with E-state index in [9.17, 15) is 5.11 Å². The van der Waals surface area contributed by atoms with Crippen molar-refractivity contribution in [1.29, 1.82) is 0 Å². The smallest absolute Gasteiger partial charge is 0.231 e. The molecule has 0 saturated carbocycles. The molecule has 3 aromatic carbocycles. The normalized spacial score (nSPS) is 13.5. The molecule has 0 radical (unpaired) electrons. The molecule has 4 rings (SSSR count). The van der Waals surface area contributed by atoms with Crippen LogP contribution >= 0.6 is 0 Å². The van der Waals surface area contributed by atoms with Crippen LogP contribution in [0.25, 0.3) is 0 Å². The van der Waals surface area contributed by atoms with Gasteiger partial charge in [-0.1, -0.05) is 60.2 Å². The number of ether oxygens (including phenoxy) is 3. The van der Waals surface area contributed by atoms with Crippen LogP contribution in [0.15, 0.2) is 66.7 Å². The predicted octanol–water partition coefficient (Wildman–Crippen LogP) is 4.61. The van der Waals surface area contributed by atoms with E-state index >= 15 is 0 Å². The molecule has 1 N–H and O–H groups in total. The van der Waals surface area contributed by atoms with E-state index in [1.807, 2.05) is 42.5 Å². The Bertz CT molecular complexity index is 1020. The molecule has 32 heavy (non-hydrogen) atoms. The number of fused-ring (bicyclic) bond motifs is 1. The van der Waals surface area contributed by atoms with Gasteiger partial charge in [-0.25, -0.2) is 0 Å². The second kappa shape index (κ2) is 10.6. The lowest BCUT2D eigenvalue weighted by molar-refractivity contribution is 0.00709. The first-order chi connectivity index (χ1) is 15.6. The van der Waals surface area contributed by atoms with Crippen molar-refractivity contribution >= 4 is 0 Å². The van der Waals surface area contributed by atoms with E-state index in [1.54, 1.807) is 0 Å². The maximum absolute atomic E-state index is 10.7. The van der Waals surface area contributed by atoms with Gasteiger partial charge >= 0.3 is 0 Å². The summed E-state index contributed by atoms with van der Waals surface area (Å²) in [4.78, 5) is 2.26. The van der Waals surface area contributed by atoms with Crippen LogP contribution in [0.2, 0.25) is 0 Å². The zero-order valence-electron chi connectivity index (χ0n) is 18.8. The molecule has 0 bridgehead atoms. The number of hydrogen-bond donors (Lipinski definition) is 1. The summed E-state index contributed by atoms with van der Waals surface area (Å²) in [5.41, 5.74) is 5.98. The summed E-state index contributed by atoms with van der Waals surface area (Å²) < 4.78 is 16.7. The Kier molecular flexibility index (Phi) is 7.43. The van der Waals surface area contributed by atoms with Gasteiger partial charge in [0.05, 0.1) is 19.3 Å². The van der Waals surface area contributed by atoms with Crippen molar-refractivity contribution < 1.29 is 19.3 Å². The lowest BCUT2D eigenvalue weighted by Crippen LogP contribution is -2.34. The minimum atomic E-state index is -0.585. The van der Waals surface area contributed by atoms with Crippen molar-refractivity contribution in [2.24, 2.45) is 0 Å². The van der Waals surface area contributed by atoms with Crippen LogP contribution in [0.1, 0.15) is 27.8 Å². The van der Waals surface area contributed by atoms with Crippen molar-refractivity contribution in [2.75, 3.05) is 19.9 Å². The minimum Gasteiger partial charge on any atom is -0.454 e. The molecule has 0 fully saturated rings. The number of benzene rings is 3. The van der Waals surface area contributed by atoms with Gasteiger partial charge in [-0.15, -0.1) is 0 Å². The molecule has 1 heterocycles. The second-order valence-electron chi connectivity index (χ2n) is 8.44. The Labute approximate surface area is 190 Å². The van der Waals surface area contributed by atoms with Crippen LogP contribution < -0.4 is 9.47 Å². The van der Waals surface area contributed by atoms with Crippen LogP contribution in [0.5, 0.6) is 11.5 Å². The number of hydrogen-bond acceptors (Lipinski definition) is 5. The third kappa shape index (κ3) is 6.10. The molecule has 3 aromatic rings. The van der Waals surface area contributed by atoms with Crippen molar-refractivity contribution in [3.05, 3.63) is 94.5 Å². The maximum atomic E-state index is 10.7. The summed E-state index contributed by atoms with van der Waals surface area (Å²) >= 11 is 0. The zero-order chi connectivity index (χ0) is 22.3. The molecule has 1 unspecified atom stereocenters. The molecule has 168 valence electrons. The largest absolute Gasteiger partial charge is 0.454 e. The first-order valence-corrected chi connectivity index (χ1v) is 11.0. The van der Waals surface area contributed by atoms with Crippen molar-refractivity contribution in [1.82, 2.24) is 4.90 Å². The minimum absolute atomic E-state index is 0.266. The van der Waals surface area contributed by atoms with Crippen LogP contribution in [0.4, 0.5) is 0 Å². The van der Waals surface area contributed by atoms with E-state index in [0.717, 1.165) is 29.2 Å². The molecule has 0 aromatic heterocycles. The third-order valence-corrected chi connectivity index (χ3v) is 5.63. The Morgan fingerprint density at radius 3 is 2.56 bits per heavy atom. The first kappa shape index (κ1) is 22.3. The number of rotatable bonds is 10. The van der Waals surface area contributed by atoms with E-state index in [-0.39, 0.29) is 6.79 Å². The highest BCUT2D eigenvalue weighted by Crippen LogP contribution is 2.33. The van der Waals surface area contributed by atoms with E-state index in [4.69, 9.17) is 14.2 Å². The van der Waals surface area contributed by atoms with Crippen molar-refractivity contribution in [3.63, 3.8) is 0 Å². The van der Waals surface area contributed by atoms with E-state index in [0.29, 0.717) is 26.3 Å². The fraction of sp³-hybridized carbons (Fsp3) is 0.333. The van der Waals surface area contributed by atoms with Gasteiger partial charge in [0, 0.05) is 19.6 Å².